The Morgan fingerprint density at radius 2 is 1.93 bits per heavy atom. The van der Waals surface area contributed by atoms with Crippen molar-refractivity contribution < 1.29 is 5.11 Å². The number of hydrogen-bond acceptors (Lipinski definition) is 6. The van der Waals surface area contributed by atoms with E-state index in [2.05, 4.69) is 32.8 Å². The zero-order valence-electron chi connectivity index (χ0n) is 16.4. The highest BCUT2D eigenvalue weighted by Crippen LogP contribution is 2.47. The third kappa shape index (κ3) is 3.31. The van der Waals surface area contributed by atoms with E-state index in [-0.39, 0.29) is 0 Å². The topological polar surface area (TPSA) is 52.5 Å². The Balaban J connectivity index is 1.41. The lowest BCUT2D eigenvalue weighted by atomic mass is 9.75. The van der Waals surface area contributed by atoms with Crippen molar-refractivity contribution in [3.05, 3.63) is 47.8 Å². The largest absolute Gasteiger partial charge is 0.508 e. The maximum Gasteiger partial charge on any atom is 0.187 e. The third-order valence-corrected chi connectivity index (χ3v) is 7.49. The second-order valence-corrected chi connectivity index (χ2v) is 9.52. The molecule has 6 rings (SSSR count). The molecule has 28 heavy (non-hydrogen) atoms. The van der Waals surface area contributed by atoms with Crippen LogP contribution in [-0.4, -0.2) is 62.3 Å². The second kappa shape index (κ2) is 7.65. The summed E-state index contributed by atoms with van der Waals surface area (Å²) in [5.41, 5.74) is 2.48. The number of thioether (sulfide) groups is 1. The van der Waals surface area contributed by atoms with Gasteiger partial charge in [0.1, 0.15) is 5.75 Å². The average Bonchev–Trinajstić information content (AvgIpc) is 3.12. The Hall–Kier alpha value is -1.63. The Morgan fingerprint density at radius 1 is 1.14 bits per heavy atom. The fourth-order valence-electron chi connectivity index (χ4n) is 5.63. The molecular weight excluding hydrogens is 368 g/mol. The fraction of sp³-hybridized carbons (Fsp3) is 0.545. The molecule has 1 aromatic carbocycles. The molecule has 5 heterocycles. The predicted molar refractivity (Wildman–Crippen MR) is 112 cm³/mol. The van der Waals surface area contributed by atoms with Gasteiger partial charge in [0, 0.05) is 49.0 Å². The molecule has 3 atom stereocenters. The van der Waals surface area contributed by atoms with Crippen LogP contribution < -0.4 is 0 Å². The van der Waals surface area contributed by atoms with Crippen LogP contribution in [0.4, 0.5) is 0 Å². The van der Waals surface area contributed by atoms with Crippen LogP contribution in [0.1, 0.15) is 36.8 Å². The maximum absolute atomic E-state index is 10.0. The Labute approximate surface area is 171 Å². The highest BCUT2D eigenvalue weighted by molar-refractivity contribution is 7.99. The van der Waals surface area contributed by atoms with Crippen LogP contribution in [0.15, 0.2) is 41.8 Å². The molecule has 2 bridgehead atoms. The first kappa shape index (κ1) is 18.4. The molecule has 0 aliphatic carbocycles. The number of aromatic nitrogens is 2. The first-order valence-corrected chi connectivity index (χ1v) is 11.4. The van der Waals surface area contributed by atoms with Gasteiger partial charge < -0.3 is 5.11 Å². The van der Waals surface area contributed by atoms with Crippen molar-refractivity contribution >= 4 is 11.8 Å². The van der Waals surface area contributed by atoms with E-state index in [9.17, 15) is 5.11 Å². The second-order valence-electron chi connectivity index (χ2n) is 8.29. The summed E-state index contributed by atoms with van der Waals surface area (Å²) in [6.07, 6.45) is 6.63. The van der Waals surface area contributed by atoms with Crippen LogP contribution in [0, 0.1) is 5.92 Å². The van der Waals surface area contributed by atoms with Crippen molar-refractivity contribution in [2.24, 2.45) is 5.92 Å². The van der Waals surface area contributed by atoms with Crippen molar-refractivity contribution in [2.75, 3.05) is 25.4 Å². The first-order valence-electron chi connectivity index (χ1n) is 10.4. The van der Waals surface area contributed by atoms with Crippen LogP contribution in [0.25, 0.3) is 0 Å². The number of phenolic OH excluding ortho intramolecular Hbond substituents is 1. The van der Waals surface area contributed by atoms with E-state index in [1.165, 1.54) is 37.1 Å². The number of nitrogens with zero attached hydrogens (tertiary/aromatic N) is 4. The third-order valence-electron chi connectivity index (χ3n) is 6.73. The summed E-state index contributed by atoms with van der Waals surface area (Å²) in [5, 5.41) is 10.9. The monoisotopic (exact) mass is 396 g/mol. The van der Waals surface area contributed by atoms with E-state index >= 15 is 0 Å². The minimum absolute atomic E-state index is 0.376. The molecular formula is C22H28N4OS. The summed E-state index contributed by atoms with van der Waals surface area (Å²) in [5.74, 6) is 2.61. The van der Waals surface area contributed by atoms with E-state index in [0.29, 0.717) is 23.8 Å². The van der Waals surface area contributed by atoms with Gasteiger partial charge in [-0.1, -0.05) is 30.8 Å². The van der Waals surface area contributed by atoms with Crippen LogP contribution in [0.5, 0.6) is 5.75 Å². The molecule has 4 aliphatic heterocycles. The fourth-order valence-corrected chi connectivity index (χ4v) is 6.15. The van der Waals surface area contributed by atoms with E-state index < -0.39 is 0 Å². The van der Waals surface area contributed by atoms with Crippen molar-refractivity contribution in [3.8, 4) is 5.75 Å². The number of piperidine rings is 3. The quantitative estimate of drug-likeness (QED) is 0.618. The van der Waals surface area contributed by atoms with E-state index in [1.54, 1.807) is 17.8 Å². The summed E-state index contributed by atoms with van der Waals surface area (Å²) < 4.78 is 0. The molecule has 4 fully saturated rings. The van der Waals surface area contributed by atoms with Crippen molar-refractivity contribution in [2.45, 2.75) is 49.5 Å². The Morgan fingerprint density at radius 3 is 2.64 bits per heavy atom. The highest BCUT2D eigenvalue weighted by Gasteiger charge is 2.53. The van der Waals surface area contributed by atoms with Crippen LogP contribution in [0.2, 0.25) is 0 Å². The lowest BCUT2D eigenvalue weighted by Crippen LogP contribution is -2.59. The lowest BCUT2D eigenvalue weighted by molar-refractivity contribution is -0.00875. The van der Waals surface area contributed by atoms with Crippen LogP contribution >= 0.6 is 11.8 Å². The zero-order chi connectivity index (χ0) is 19.1. The standard InChI is InChI=1S/C22H28N4OS/c1-2-28-22-23-11-15(12-24-22)13-26-14-19(17-4-3-5-18(27)10-17)21-20(26)16-6-8-25(21)9-7-16/h3-5,10-12,16,19-21,27H,2,6-9,13-14H2,1H3/t19-,20+,21+/m0/s1. The maximum atomic E-state index is 10.0. The molecule has 148 valence electrons. The summed E-state index contributed by atoms with van der Waals surface area (Å²) >= 11 is 1.69. The van der Waals surface area contributed by atoms with Gasteiger partial charge in [0.05, 0.1) is 0 Å². The van der Waals surface area contributed by atoms with E-state index in [1.807, 2.05) is 24.5 Å². The molecule has 1 aromatic heterocycles. The van der Waals surface area contributed by atoms with Crippen LogP contribution in [-0.2, 0) is 6.54 Å². The van der Waals surface area contributed by atoms with E-state index in [4.69, 9.17) is 0 Å². The SMILES string of the molecule is CCSc1ncc(CN2C[C@@H](c3cccc(O)c3)[C@@H]3[C@H]2C2CCN3CC2)cn1. The minimum Gasteiger partial charge on any atom is -0.508 e. The molecule has 2 aromatic rings. The van der Waals surface area contributed by atoms with Crippen molar-refractivity contribution in [1.29, 1.82) is 0 Å². The molecule has 0 spiro atoms. The van der Waals surface area contributed by atoms with Gasteiger partial charge in [-0.2, -0.15) is 0 Å². The van der Waals surface area contributed by atoms with E-state index in [0.717, 1.165) is 29.9 Å². The zero-order valence-corrected chi connectivity index (χ0v) is 17.2. The summed E-state index contributed by atoms with van der Waals surface area (Å²) in [7, 11) is 0. The highest BCUT2D eigenvalue weighted by atomic mass is 32.2. The van der Waals surface area contributed by atoms with Gasteiger partial charge in [-0.3, -0.25) is 9.80 Å². The normalized spacial score (nSPS) is 31.8. The summed E-state index contributed by atoms with van der Waals surface area (Å²) in [4.78, 5) is 14.4. The van der Waals surface area contributed by atoms with Gasteiger partial charge in [0.25, 0.3) is 0 Å². The van der Waals surface area contributed by atoms with Gasteiger partial charge in [0.15, 0.2) is 5.16 Å². The summed E-state index contributed by atoms with van der Waals surface area (Å²) in [6.45, 7) is 6.53. The molecule has 4 saturated heterocycles. The van der Waals surface area contributed by atoms with Gasteiger partial charge in [0.2, 0.25) is 0 Å². The van der Waals surface area contributed by atoms with Crippen molar-refractivity contribution in [1.82, 2.24) is 19.8 Å². The van der Waals surface area contributed by atoms with Gasteiger partial charge in [-0.15, -0.1) is 0 Å². The number of likely N-dealkylation sites (tertiary alicyclic amines) is 1. The lowest BCUT2D eigenvalue weighted by Gasteiger charge is -2.51. The predicted octanol–water partition coefficient (Wildman–Crippen LogP) is 3.36. The van der Waals surface area contributed by atoms with Crippen LogP contribution in [0.3, 0.4) is 0 Å². The minimum atomic E-state index is 0.376. The molecule has 0 radical (unpaired) electrons. The number of fused-ring (bicyclic) bond motifs is 2. The first-order chi connectivity index (χ1) is 13.7. The average molecular weight is 397 g/mol. The van der Waals surface area contributed by atoms with Gasteiger partial charge in [-0.05, 0) is 55.3 Å². The number of phenols is 1. The summed E-state index contributed by atoms with van der Waals surface area (Å²) in [6, 6.07) is 9.07. The Bertz CT molecular complexity index is 822. The number of aromatic hydroxyl groups is 1. The molecule has 5 nitrogen and oxygen atoms in total. The Kier molecular flexibility index (Phi) is 5.03. The molecule has 4 aliphatic rings. The van der Waals surface area contributed by atoms with Gasteiger partial charge in [-0.25, -0.2) is 9.97 Å². The smallest absolute Gasteiger partial charge is 0.187 e. The van der Waals surface area contributed by atoms with Crippen molar-refractivity contribution in [3.63, 3.8) is 0 Å². The number of hydrogen-bond donors (Lipinski definition) is 1. The number of rotatable bonds is 5. The molecule has 1 N–H and O–H groups in total. The molecule has 0 amide bonds. The molecule has 6 heteroatoms. The molecule has 0 saturated carbocycles. The number of benzene rings is 1. The van der Waals surface area contributed by atoms with Gasteiger partial charge >= 0.3 is 0 Å². The molecule has 0 unspecified atom stereocenters.